The molecule has 0 radical (unpaired) electrons. The molecule has 130 valence electrons. The first-order chi connectivity index (χ1) is 9.81. The number of hydrogen-bond donors (Lipinski definition) is 0. The molecule has 0 aromatic carbocycles. The Kier molecular flexibility index (Phi) is 10.9. The summed E-state index contributed by atoms with van der Waals surface area (Å²) in [5, 5.41) is 0. The van der Waals surface area contributed by atoms with Crippen molar-refractivity contribution in [2.24, 2.45) is 0 Å². The number of nitrogens with zero attached hydrogens (tertiary/aromatic N) is 2. The van der Waals surface area contributed by atoms with E-state index in [0.29, 0.717) is 0 Å². The van der Waals surface area contributed by atoms with Crippen LogP contribution in [-0.2, 0) is 9.53 Å². The van der Waals surface area contributed by atoms with Gasteiger partial charge in [0.05, 0.1) is 6.61 Å². The molecular formula is C11H19BClF5N2O2. The van der Waals surface area contributed by atoms with Crippen molar-refractivity contribution >= 4 is 30.5 Å². The minimum absolute atomic E-state index is 0.0822. The third-order valence-corrected chi connectivity index (χ3v) is 2.05. The first kappa shape index (κ1) is 23.0. The molecule has 0 aliphatic carbocycles. The van der Waals surface area contributed by atoms with Gasteiger partial charge >= 0.3 is 13.2 Å². The number of carbonyl (C=O) groups is 1. The summed E-state index contributed by atoms with van der Waals surface area (Å²) in [6.07, 6.45) is 1.49. The number of esters is 1. The molecule has 0 saturated carbocycles. The van der Waals surface area contributed by atoms with E-state index in [0.717, 1.165) is 0 Å². The highest BCUT2D eigenvalue weighted by atomic mass is 35.5. The third kappa shape index (κ3) is 12.4. The first-order valence-corrected chi connectivity index (χ1v) is 6.50. The topological polar surface area (TPSA) is 32.5 Å². The summed E-state index contributed by atoms with van der Waals surface area (Å²) < 4.78 is 58.7. The van der Waals surface area contributed by atoms with Crippen molar-refractivity contribution in [1.82, 2.24) is 4.90 Å². The first-order valence-electron chi connectivity index (χ1n) is 6.06. The van der Waals surface area contributed by atoms with Crippen LogP contribution >= 0.6 is 11.6 Å². The smallest absolute Gasteiger partial charge is 0.462 e. The van der Waals surface area contributed by atoms with Crippen molar-refractivity contribution in [2.75, 3.05) is 34.8 Å². The van der Waals surface area contributed by atoms with Crippen molar-refractivity contribution in [1.29, 1.82) is 0 Å². The molecule has 1 atom stereocenters. The summed E-state index contributed by atoms with van der Waals surface area (Å²) in [7, 11) is 0.696. The second-order valence-electron chi connectivity index (χ2n) is 4.30. The molecule has 0 spiro atoms. The predicted octanol–water partition coefficient (Wildman–Crippen LogP) is 2.54. The van der Waals surface area contributed by atoms with Crippen molar-refractivity contribution in [3.63, 3.8) is 0 Å². The standard InChI is InChI=1S/C11H19ClFN2O2.BF4/c1-6-17-11(16)8(7-14(2)3)9(10(12)13)15(4)5;2-1(3,4)5/h7,10H,6H2,1-5H3;/q+1;-1. The van der Waals surface area contributed by atoms with Gasteiger partial charge in [-0.25, -0.2) is 13.8 Å². The summed E-state index contributed by atoms with van der Waals surface area (Å²) in [6, 6.07) is 0. The lowest BCUT2D eigenvalue weighted by Crippen LogP contribution is -2.29. The molecular weight excluding hydrogens is 333 g/mol. The molecule has 0 aliphatic rings. The molecule has 0 rings (SSSR count). The van der Waals surface area contributed by atoms with Gasteiger partial charge in [-0.05, 0) is 6.92 Å². The quantitative estimate of drug-likeness (QED) is 0.145. The van der Waals surface area contributed by atoms with E-state index in [2.05, 4.69) is 0 Å². The Morgan fingerprint density at radius 3 is 1.95 bits per heavy atom. The van der Waals surface area contributed by atoms with Gasteiger partial charge in [-0.15, -0.1) is 0 Å². The lowest BCUT2D eigenvalue weighted by Gasteiger charge is -2.11. The Balaban J connectivity index is 0. The molecule has 22 heavy (non-hydrogen) atoms. The fraction of sp³-hybridized carbons (Fsp3) is 0.636. The summed E-state index contributed by atoms with van der Waals surface area (Å²) in [6.45, 7) is 1.91. The van der Waals surface area contributed by atoms with Crippen molar-refractivity contribution in [3.8, 4) is 0 Å². The largest absolute Gasteiger partial charge is 0.673 e. The molecule has 0 aromatic heterocycles. The van der Waals surface area contributed by atoms with Crippen LogP contribution in [0.2, 0.25) is 0 Å². The normalized spacial score (nSPS) is 12.8. The molecule has 0 bridgehead atoms. The maximum atomic E-state index is 13.3. The monoisotopic (exact) mass is 352 g/mol. The zero-order chi connectivity index (χ0) is 18.1. The van der Waals surface area contributed by atoms with Gasteiger partial charge in [-0.2, -0.15) is 0 Å². The molecule has 4 nitrogen and oxygen atoms in total. The molecule has 0 amide bonds. The average Bonchev–Trinajstić information content (AvgIpc) is 2.24. The lowest BCUT2D eigenvalue weighted by molar-refractivity contribution is -0.465. The van der Waals surface area contributed by atoms with Crippen LogP contribution in [-0.4, -0.2) is 68.8 Å². The maximum Gasteiger partial charge on any atom is 0.673 e. The molecule has 0 fully saturated rings. The van der Waals surface area contributed by atoms with Crippen LogP contribution in [0.1, 0.15) is 6.92 Å². The molecule has 1 unspecified atom stereocenters. The van der Waals surface area contributed by atoms with Crippen molar-refractivity contribution < 1.29 is 35.8 Å². The lowest BCUT2D eigenvalue weighted by atomic mass is 10.1. The van der Waals surface area contributed by atoms with Crippen LogP contribution in [0.5, 0.6) is 0 Å². The Hall–Kier alpha value is -1.32. The van der Waals surface area contributed by atoms with E-state index in [1.54, 1.807) is 40.0 Å². The van der Waals surface area contributed by atoms with E-state index >= 15 is 0 Å². The second-order valence-corrected chi connectivity index (χ2v) is 4.69. The number of alkyl halides is 2. The van der Waals surface area contributed by atoms with Crippen LogP contribution in [0.15, 0.2) is 11.8 Å². The Labute approximate surface area is 131 Å². The van der Waals surface area contributed by atoms with Crippen LogP contribution in [0.25, 0.3) is 0 Å². The second kappa shape index (κ2) is 10.4. The van der Waals surface area contributed by atoms with E-state index in [9.17, 15) is 26.4 Å². The summed E-state index contributed by atoms with van der Waals surface area (Å²) in [5.74, 6) is -0.590. The zero-order valence-electron chi connectivity index (χ0n) is 12.9. The third-order valence-electron chi connectivity index (χ3n) is 1.85. The molecule has 0 N–H and O–H groups in total. The molecule has 0 heterocycles. The number of ether oxygens (including phenoxy) is 1. The fourth-order valence-corrected chi connectivity index (χ4v) is 1.56. The number of hydrogen-bond acceptors (Lipinski definition) is 3. The van der Waals surface area contributed by atoms with Gasteiger partial charge in [0.2, 0.25) is 5.71 Å². The SMILES string of the molecule is CCOC(=O)/C(=C/N(C)C)C(C(F)Cl)=[N+](C)C.F[B-](F)(F)F. The summed E-state index contributed by atoms with van der Waals surface area (Å²) >= 11 is 5.45. The van der Waals surface area contributed by atoms with Gasteiger partial charge in [0, 0.05) is 20.3 Å². The van der Waals surface area contributed by atoms with Gasteiger partial charge in [-0.3, -0.25) is 0 Å². The van der Waals surface area contributed by atoms with E-state index in [1.165, 1.54) is 10.8 Å². The van der Waals surface area contributed by atoms with Crippen LogP contribution in [0.3, 0.4) is 0 Å². The number of carbonyl (C=O) groups excluding carboxylic acids is 1. The van der Waals surface area contributed by atoms with Crippen molar-refractivity contribution in [3.05, 3.63) is 11.8 Å². The van der Waals surface area contributed by atoms with E-state index in [-0.39, 0.29) is 17.9 Å². The molecule has 11 heteroatoms. The maximum absolute atomic E-state index is 13.3. The van der Waals surface area contributed by atoms with Gasteiger partial charge in [0.25, 0.3) is 5.63 Å². The van der Waals surface area contributed by atoms with Gasteiger partial charge in [0.15, 0.2) is 0 Å². The number of rotatable bonds is 5. The van der Waals surface area contributed by atoms with Gasteiger partial charge < -0.3 is 26.9 Å². The highest BCUT2D eigenvalue weighted by Gasteiger charge is 2.30. The fourth-order valence-electron chi connectivity index (χ4n) is 1.24. The van der Waals surface area contributed by atoms with Crippen LogP contribution in [0.4, 0.5) is 21.7 Å². The highest BCUT2D eigenvalue weighted by Crippen LogP contribution is 2.12. The van der Waals surface area contributed by atoms with Crippen LogP contribution in [0, 0.1) is 0 Å². The molecule has 0 aromatic rings. The van der Waals surface area contributed by atoms with Crippen molar-refractivity contribution in [2.45, 2.75) is 12.6 Å². The molecule has 0 aliphatic heterocycles. The van der Waals surface area contributed by atoms with Gasteiger partial charge in [0.1, 0.15) is 19.7 Å². The molecule has 0 saturated heterocycles. The van der Waals surface area contributed by atoms with Crippen LogP contribution < -0.4 is 0 Å². The average molecular weight is 353 g/mol. The van der Waals surface area contributed by atoms with Gasteiger partial charge in [-0.1, -0.05) is 11.6 Å². The Bertz CT molecular complexity index is 415. The zero-order valence-corrected chi connectivity index (χ0v) is 13.7. The minimum Gasteiger partial charge on any atom is -0.462 e. The highest BCUT2D eigenvalue weighted by molar-refractivity contribution is 6.50. The summed E-state index contributed by atoms with van der Waals surface area (Å²) in [4.78, 5) is 13.4. The number of halogens is 6. The minimum atomic E-state index is -6.00. The Morgan fingerprint density at radius 2 is 1.73 bits per heavy atom. The van der Waals surface area contributed by atoms with E-state index < -0.39 is 18.9 Å². The van der Waals surface area contributed by atoms with E-state index in [1.807, 2.05) is 0 Å². The predicted molar refractivity (Wildman–Crippen MR) is 76.5 cm³/mol. The summed E-state index contributed by atoms with van der Waals surface area (Å²) in [5.41, 5.74) is -1.57. The Morgan fingerprint density at radius 1 is 1.32 bits per heavy atom. The van der Waals surface area contributed by atoms with E-state index in [4.69, 9.17) is 16.3 Å².